The number of carbonyl (C=O) groups is 2. The molecule has 1 atom stereocenters. The number of Topliss-reactive ketones (excluding diaryl/α,β-unsaturated/α-hetero) is 2. The van der Waals surface area contributed by atoms with Crippen molar-refractivity contribution < 1.29 is 14.0 Å². The Morgan fingerprint density at radius 1 is 1.22 bits per heavy atom. The lowest BCUT2D eigenvalue weighted by molar-refractivity contribution is -0.121. The third kappa shape index (κ3) is 3.76. The van der Waals surface area contributed by atoms with Gasteiger partial charge in [0, 0.05) is 6.42 Å². The van der Waals surface area contributed by atoms with Crippen LogP contribution in [0.4, 0.5) is 4.39 Å². The van der Waals surface area contributed by atoms with E-state index < -0.39 is 17.5 Å². The van der Waals surface area contributed by atoms with E-state index in [1.54, 1.807) is 13.0 Å². The van der Waals surface area contributed by atoms with Gasteiger partial charge >= 0.3 is 0 Å². The van der Waals surface area contributed by atoms with Crippen molar-refractivity contribution in [2.75, 3.05) is 0 Å². The quantitative estimate of drug-likeness (QED) is 0.419. The summed E-state index contributed by atoms with van der Waals surface area (Å²) in [6.45, 7) is 3.61. The number of hydrogen-bond acceptors (Lipinski definition) is 2. The molecule has 0 aliphatic carbocycles. The van der Waals surface area contributed by atoms with Crippen molar-refractivity contribution >= 4 is 11.6 Å². The summed E-state index contributed by atoms with van der Waals surface area (Å²) in [6.07, 6.45) is 3.20. The lowest BCUT2D eigenvalue weighted by Gasteiger charge is -2.10. The number of ketones is 2. The summed E-state index contributed by atoms with van der Waals surface area (Å²) in [5.74, 6) is -1.83. The Kier molecular flexibility index (Phi) is 5.69. The van der Waals surface area contributed by atoms with Gasteiger partial charge in [-0.25, -0.2) is 4.39 Å². The van der Waals surface area contributed by atoms with E-state index in [9.17, 15) is 14.0 Å². The zero-order valence-corrected chi connectivity index (χ0v) is 10.9. The lowest BCUT2D eigenvalue weighted by Crippen LogP contribution is -2.22. The van der Waals surface area contributed by atoms with E-state index in [-0.39, 0.29) is 11.3 Å². The molecule has 0 radical (unpaired) electrons. The van der Waals surface area contributed by atoms with Crippen LogP contribution in [0, 0.1) is 11.7 Å². The van der Waals surface area contributed by atoms with Gasteiger partial charge in [-0.15, -0.1) is 0 Å². The van der Waals surface area contributed by atoms with E-state index >= 15 is 0 Å². The van der Waals surface area contributed by atoms with Crippen molar-refractivity contribution in [1.82, 2.24) is 0 Å². The minimum absolute atomic E-state index is 0.00819. The maximum atomic E-state index is 13.4. The van der Waals surface area contributed by atoms with Crippen molar-refractivity contribution in [3.05, 3.63) is 35.6 Å². The summed E-state index contributed by atoms with van der Waals surface area (Å²) in [4.78, 5) is 23.8. The average Bonchev–Trinajstić information content (AvgIpc) is 2.38. The molecule has 1 aromatic rings. The summed E-state index contributed by atoms with van der Waals surface area (Å²) in [7, 11) is 0. The minimum atomic E-state index is -0.751. The molecule has 0 aromatic heterocycles. The predicted molar refractivity (Wildman–Crippen MR) is 69.0 cm³/mol. The Bertz CT molecular complexity index is 426. The third-order valence-corrected chi connectivity index (χ3v) is 3.04. The molecule has 0 heterocycles. The van der Waals surface area contributed by atoms with Crippen LogP contribution in [0.15, 0.2) is 24.3 Å². The van der Waals surface area contributed by atoms with Crippen molar-refractivity contribution in [3.8, 4) is 0 Å². The first-order chi connectivity index (χ1) is 8.57. The topological polar surface area (TPSA) is 34.1 Å². The van der Waals surface area contributed by atoms with E-state index in [1.165, 1.54) is 18.2 Å². The SMILES string of the molecule is CCCCCC(=O)C(C)C(=O)c1ccccc1F. The fourth-order valence-electron chi connectivity index (χ4n) is 1.81. The molecule has 1 aromatic carbocycles. The van der Waals surface area contributed by atoms with Gasteiger partial charge in [0.05, 0.1) is 11.5 Å². The van der Waals surface area contributed by atoms with Crippen LogP contribution in [-0.2, 0) is 4.79 Å². The second kappa shape index (κ2) is 7.04. The molecule has 0 bridgehead atoms. The first-order valence-electron chi connectivity index (χ1n) is 6.39. The highest BCUT2D eigenvalue weighted by Gasteiger charge is 2.23. The van der Waals surface area contributed by atoms with Gasteiger partial charge in [0.1, 0.15) is 11.6 Å². The summed E-state index contributed by atoms with van der Waals surface area (Å²) >= 11 is 0. The normalized spacial score (nSPS) is 12.2. The maximum absolute atomic E-state index is 13.4. The van der Waals surface area contributed by atoms with E-state index in [4.69, 9.17) is 0 Å². The van der Waals surface area contributed by atoms with Crippen molar-refractivity contribution in [1.29, 1.82) is 0 Å². The molecule has 0 saturated carbocycles. The monoisotopic (exact) mass is 250 g/mol. The van der Waals surface area contributed by atoms with Gasteiger partial charge in [-0.05, 0) is 25.5 Å². The van der Waals surface area contributed by atoms with Crippen LogP contribution in [0.2, 0.25) is 0 Å². The Morgan fingerprint density at radius 3 is 2.50 bits per heavy atom. The summed E-state index contributed by atoms with van der Waals surface area (Å²) in [5.41, 5.74) is 0.00819. The summed E-state index contributed by atoms with van der Waals surface area (Å²) in [6, 6.07) is 5.79. The zero-order valence-electron chi connectivity index (χ0n) is 10.9. The standard InChI is InChI=1S/C15H19FO2/c1-3-4-5-10-14(17)11(2)15(18)12-8-6-7-9-13(12)16/h6-9,11H,3-5,10H2,1-2H3. The molecule has 98 valence electrons. The number of carbonyl (C=O) groups excluding carboxylic acids is 2. The lowest BCUT2D eigenvalue weighted by atomic mass is 9.92. The van der Waals surface area contributed by atoms with Gasteiger partial charge in [0.2, 0.25) is 0 Å². The smallest absolute Gasteiger partial charge is 0.175 e. The molecular formula is C15H19FO2. The predicted octanol–water partition coefficient (Wildman–Crippen LogP) is 3.79. The second-order valence-corrected chi connectivity index (χ2v) is 4.49. The van der Waals surface area contributed by atoms with E-state index in [2.05, 4.69) is 6.92 Å². The van der Waals surface area contributed by atoms with Crippen molar-refractivity contribution in [2.45, 2.75) is 39.5 Å². The molecule has 0 amide bonds. The Balaban J connectivity index is 2.67. The highest BCUT2D eigenvalue weighted by Crippen LogP contribution is 2.15. The number of benzene rings is 1. The largest absolute Gasteiger partial charge is 0.299 e. The maximum Gasteiger partial charge on any atom is 0.175 e. The Hall–Kier alpha value is -1.51. The van der Waals surface area contributed by atoms with Crippen LogP contribution in [0.3, 0.4) is 0 Å². The summed E-state index contributed by atoms with van der Waals surface area (Å²) in [5, 5.41) is 0. The molecule has 18 heavy (non-hydrogen) atoms. The fraction of sp³-hybridized carbons (Fsp3) is 0.467. The molecular weight excluding hydrogens is 231 g/mol. The Labute approximate surface area is 107 Å². The number of unbranched alkanes of at least 4 members (excludes halogenated alkanes) is 2. The third-order valence-electron chi connectivity index (χ3n) is 3.04. The van der Waals surface area contributed by atoms with E-state index in [1.807, 2.05) is 0 Å². The second-order valence-electron chi connectivity index (χ2n) is 4.49. The Morgan fingerprint density at radius 2 is 1.89 bits per heavy atom. The van der Waals surface area contributed by atoms with E-state index in [0.717, 1.165) is 19.3 Å². The molecule has 0 aliphatic rings. The van der Waals surface area contributed by atoms with Gasteiger partial charge in [0.15, 0.2) is 5.78 Å². The number of hydrogen-bond donors (Lipinski definition) is 0. The number of rotatable bonds is 7. The zero-order chi connectivity index (χ0) is 13.5. The molecule has 2 nitrogen and oxygen atoms in total. The van der Waals surface area contributed by atoms with Crippen molar-refractivity contribution in [2.24, 2.45) is 5.92 Å². The molecule has 0 spiro atoms. The fourth-order valence-corrected chi connectivity index (χ4v) is 1.81. The van der Waals surface area contributed by atoms with Crippen LogP contribution in [-0.4, -0.2) is 11.6 Å². The summed E-state index contributed by atoms with van der Waals surface area (Å²) < 4.78 is 13.4. The molecule has 3 heteroatoms. The van der Waals surface area contributed by atoms with Gasteiger partial charge in [0.25, 0.3) is 0 Å². The molecule has 1 rings (SSSR count). The molecule has 0 saturated heterocycles. The van der Waals surface area contributed by atoms with Crippen molar-refractivity contribution in [3.63, 3.8) is 0 Å². The molecule has 0 fully saturated rings. The van der Waals surface area contributed by atoms with Crippen LogP contribution in [0.5, 0.6) is 0 Å². The van der Waals surface area contributed by atoms with Gasteiger partial charge in [-0.3, -0.25) is 9.59 Å². The molecule has 1 unspecified atom stereocenters. The van der Waals surface area contributed by atoms with Crippen LogP contribution in [0.1, 0.15) is 49.9 Å². The highest BCUT2D eigenvalue weighted by molar-refractivity contribution is 6.10. The van der Waals surface area contributed by atoms with E-state index in [0.29, 0.717) is 6.42 Å². The molecule has 0 aliphatic heterocycles. The highest BCUT2D eigenvalue weighted by atomic mass is 19.1. The van der Waals surface area contributed by atoms with Crippen LogP contribution in [0.25, 0.3) is 0 Å². The van der Waals surface area contributed by atoms with Crippen LogP contribution >= 0.6 is 0 Å². The van der Waals surface area contributed by atoms with Gasteiger partial charge in [-0.1, -0.05) is 31.9 Å². The van der Waals surface area contributed by atoms with Gasteiger partial charge < -0.3 is 0 Å². The first-order valence-corrected chi connectivity index (χ1v) is 6.39. The average molecular weight is 250 g/mol. The first kappa shape index (κ1) is 14.6. The number of halogens is 1. The molecule has 0 N–H and O–H groups in total. The van der Waals surface area contributed by atoms with Crippen LogP contribution < -0.4 is 0 Å². The minimum Gasteiger partial charge on any atom is -0.299 e. The van der Waals surface area contributed by atoms with Gasteiger partial charge in [-0.2, -0.15) is 0 Å².